The van der Waals surface area contributed by atoms with Crippen LogP contribution in [0.2, 0.25) is 0 Å². The highest BCUT2D eigenvalue weighted by Gasteiger charge is 1.99. The molecule has 0 heterocycles. The second kappa shape index (κ2) is 9.78. The molecule has 0 atom stereocenters. The van der Waals surface area contributed by atoms with E-state index in [0.717, 1.165) is 23.0 Å². The smallest absolute Gasteiger partial charge is 0.119 e. The lowest BCUT2D eigenvalue weighted by Crippen LogP contribution is -2.00. The van der Waals surface area contributed by atoms with E-state index < -0.39 is 0 Å². The maximum Gasteiger partial charge on any atom is 0.119 e. The minimum atomic E-state index is 0.586. The predicted molar refractivity (Wildman–Crippen MR) is 106 cm³/mol. The van der Waals surface area contributed by atoms with Crippen LogP contribution in [0.1, 0.15) is 5.56 Å². The summed E-state index contributed by atoms with van der Waals surface area (Å²) >= 11 is 1.77. The fraction of sp³-hybridized carbons (Fsp3) is 0.182. The maximum atomic E-state index is 5.81. The number of benzene rings is 3. The molecule has 0 radical (unpaired) electrons. The molecule has 3 aromatic rings. The minimum absolute atomic E-state index is 0.586. The molecule has 0 amide bonds. The van der Waals surface area contributed by atoms with Crippen molar-refractivity contribution in [1.29, 1.82) is 0 Å². The molecule has 0 aliphatic carbocycles. The zero-order chi connectivity index (χ0) is 18.0. The normalized spacial score (nSPS) is 10.3. The van der Waals surface area contributed by atoms with E-state index in [9.17, 15) is 0 Å². The number of hydrogen-bond acceptors (Lipinski definition) is 4. The van der Waals surface area contributed by atoms with Gasteiger partial charge < -0.3 is 14.2 Å². The lowest BCUT2D eigenvalue weighted by Gasteiger charge is -2.08. The molecule has 3 aromatic carbocycles. The third-order valence-electron chi connectivity index (χ3n) is 3.75. The van der Waals surface area contributed by atoms with Crippen LogP contribution in [0.25, 0.3) is 0 Å². The Morgan fingerprint density at radius 1 is 0.692 bits per heavy atom. The molecule has 0 aliphatic rings. The zero-order valence-corrected chi connectivity index (χ0v) is 15.6. The number of hydrogen-bond donors (Lipinski definition) is 0. The highest BCUT2D eigenvalue weighted by molar-refractivity contribution is 7.99. The third-order valence-corrected chi connectivity index (χ3v) is 4.73. The largest absolute Gasteiger partial charge is 0.497 e. The van der Waals surface area contributed by atoms with Gasteiger partial charge in [0.2, 0.25) is 0 Å². The summed E-state index contributed by atoms with van der Waals surface area (Å²) < 4.78 is 16.7. The minimum Gasteiger partial charge on any atom is -0.497 e. The van der Waals surface area contributed by atoms with Crippen LogP contribution in [0.5, 0.6) is 17.2 Å². The predicted octanol–water partition coefficient (Wildman–Crippen LogP) is 5.45. The molecule has 0 unspecified atom stereocenters. The Morgan fingerprint density at radius 3 is 2.00 bits per heavy atom. The molecule has 0 saturated heterocycles. The SMILES string of the molecule is COc1ccc(OCCSc2ccc(OCc3ccccc3)cc2)cc1. The molecule has 134 valence electrons. The maximum absolute atomic E-state index is 5.81. The standard InChI is InChI=1S/C22H22O3S/c1-23-19-7-9-20(10-8-19)24-15-16-26-22-13-11-21(12-14-22)25-17-18-5-3-2-4-6-18/h2-14H,15-17H2,1H3. The third kappa shape index (κ3) is 5.74. The van der Waals surface area contributed by atoms with Gasteiger partial charge in [-0.2, -0.15) is 0 Å². The monoisotopic (exact) mass is 366 g/mol. The Kier molecular flexibility index (Phi) is 6.85. The Balaban J connectivity index is 1.38. The molecular formula is C22H22O3S. The summed E-state index contributed by atoms with van der Waals surface area (Å²) in [6.07, 6.45) is 0. The van der Waals surface area contributed by atoms with E-state index in [2.05, 4.69) is 24.3 Å². The second-order valence-corrected chi connectivity index (χ2v) is 6.79. The Bertz CT molecular complexity index is 771. The Labute approximate surface area is 158 Å². The van der Waals surface area contributed by atoms with Crippen LogP contribution in [0, 0.1) is 0 Å². The number of methoxy groups -OCH3 is 1. The van der Waals surface area contributed by atoms with Crippen LogP contribution in [-0.4, -0.2) is 19.5 Å². The molecule has 0 spiro atoms. The van der Waals surface area contributed by atoms with Crippen molar-refractivity contribution in [3.63, 3.8) is 0 Å². The molecule has 0 bridgehead atoms. The van der Waals surface area contributed by atoms with E-state index in [4.69, 9.17) is 14.2 Å². The van der Waals surface area contributed by atoms with Crippen molar-refractivity contribution in [2.75, 3.05) is 19.5 Å². The molecule has 0 saturated carbocycles. The molecule has 4 heteroatoms. The van der Waals surface area contributed by atoms with Crippen molar-refractivity contribution in [3.05, 3.63) is 84.4 Å². The average Bonchev–Trinajstić information content (AvgIpc) is 2.72. The van der Waals surface area contributed by atoms with E-state index in [-0.39, 0.29) is 0 Å². The summed E-state index contributed by atoms with van der Waals surface area (Å²) in [5.74, 6) is 3.46. The van der Waals surface area contributed by atoms with Gasteiger partial charge in [-0.15, -0.1) is 11.8 Å². The molecule has 0 fully saturated rings. The first-order chi connectivity index (χ1) is 12.8. The number of rotatable bonds is 9. The van der Waals surface area contributed by atoms with Gasteiger partial charge in [0.1, 0.15) is 23.9 Å². The van der Waals surface area contributed by atoms with E-state index in [1.165, 1.54) is 10.5 Å². The van der Waals surface area contributed by atoms with Gasteiger partial charge in [-0.05, 0) is 54.1 Å². The second-order valence-electron chi connectivity index (χ2n) is 5.62. The van der Waals surface area contributed by atoms with Crippen LogP contribution >= 0.6 is 11.8 Å². The van der Waals surface area contributed by atoms with Gasteiger partial charge in [0.15, 0.2) is 0 Å². The fourth-order valence-electron chi connectivity index (χ4n) is 2.36. The summed E-state index contributed by atoms with van der Waals surface area (Å²) in [7, 11) is 1.66. The molecule has 0 aliphatic heterocycles. The lowest BCUT2D eigenvalue weighted by atomic mass is 10.2. The zero-order valence-electron chi connectivity index (χ0n) is 14.8. The summed E-state index contributed by atoms with van der Waals surface area (Å²) in [6.45, 7) is 1.24. The van der Waals surface area contributed by atoms with Crippen LogP contribution in [0.15, 0.2) is 83.8 Å². The highest BCUT2D eigenvalue weighted by Crippen LogP contribution is 2.23. The first kappa shape index (κ1) is 18.2. The first-order valence-electron chi connectivity index (χ1n) is 8.50. The first-order valence-corrected chi connectivity index (χ1v) is 9.48. The molecule has 0 N–H and O–H groups in total. The summed E-state index contributed by atoms with van der Waals surface area (Å²) in [6, 6.07) is 26.0. The fourth-order valence-corrected chi connectivity index (χ4v) is 3.09. The van der Waals surface area contributed by atoms with Crippen LogP contribution in [0.3, 0.4) is 0 Å². The van der Waals surface area contributed by atoms with Gasteiger partial charge >= 0.3 is 0 Å². The number of thioether (sulfide) groups is 1. The molecule has 0 aromatic heterocycles. The van der Waals surface area contributed by atoms with E-state index in [1.807, 2.05) is 54.6 Å². The van der Waals surface area contributed by atoms with Gasteiger partial charge in [0.25, 0.3) is 0 Å². The highest BCUT2D eigenvalue weighted by atomic mass is 32.2. The molecule has 26 heavy (non-hydrogen) atoms. The van der Waals surface area contributed by atoms with Crippen LogP contribution < -0.4 is 14.2 Å². The molecule has 3 nitrogen and oxygen atoms in total. The average molecular weight is 366 g/mol. The van der Waals surface area contributed by atoms with E-state index in [1.54, 1.807) is 18.9 Å². The van der Waals surface area contributed by atoms with Crippen molar-refractivity contribution in [2.24, 2.45) is 0 Å². The summed E-state index contributed by atoms with van der Waals surface area (Å²) in [4.78, 5) is 1.20. The van der Waals surface area contributed by atoms with Gasteiger partial charge in [-0.3, -0.25) is 0 Å². The van der Waals surface area contributed by atoms with Crippen molar-refractivity contribution in [2.45, 2.75) is 11.5 Å². The van der Waals surface area contributed by atoms with E-state index in [0.29, 0.717) is 13.2 Å². The van der Waals surface area contributed by atoms with Crippen molar-refractivity contribution >= 4 is 11.8 Å². The number of ether oxygens (including phenoxy) is 3. The van der Waals surface area contributed by atoms with Gasteiger partial charge in [-0.1, -0.05) is 30.3 Å². The molecular weight excluding hydrogens is 344 g/mol. The van der Waals surface area contributed by atoms with Crippen LogP contribution in [-0.2, 0) is 6.61 Å². The van der Waals surface area contributed by atoms with Crippen molar-refractivity contribution in [3.8, 4) is 17.2 Å². The topological polar surface area (TPSA) is 27.7 Å². The Hall–Kier alpha value is -2.59. The van der Waals surface area contributed by atoms with E-state index >= 15 is 0 Å². The summed E-state index contributed by atoms with van der Waals surface area (Å²) in [5.41, 5.74) is 1.17. The van der Waals surface area contributed by atoms with Crippen molar-refractivity contribution < 1.29 is 14.2 Å². The Morgan fingerprint density at radius 2 is 1.31 bits per heavy atom. The lowest BCUT2D eigenvalue weighted by molar-refractivity contribution is 0.306. The quantitative estimate of drug-likeness (QED) is 0.372. The van der Waals surface area contributed by atoms with Crippen molar-refractivity contribution in [1.82, 2.24) is 0 Å². The molecule has 3 rings (SSSR count). The van der Waals surface area contributed by atoms with Gasteiger partial charge in [0, 0.05) is 10.6 Å². The van der Waals surface area contributed by atoms with Gasteiger partial charge in [0.05, 0.1) is 13.7 Å². The van der Waals surface area contributed by atoms with Gasteiger partial charge in [-0.25, -0.2) is 0 Å². The summed E-state index contributed by atoms with van der Waals surface area (Å²) in [5, 5.41) is 0. The van der Waals surface area contributed by atoms with Crippen LogP contribution in [0.4, 0.5) is 0 Å².